The van der Waals surface area contributed by atoms with Gasteiger partial charge in [-0.2, -0.15) is 0 Å². The minimum absolute atomic E-state index is 0.199. The molecule has 0 saturated carbocycles. The van der Waals surface area contributed by atoms with Gasteiger partial charge < -0.3 is 5.32 Å². The van der Waals surface area contributed by atoms with Crippen LogP contribution in [-0.4, -0.2) is 29.0 Å². The monoisotopic (exact) mass is 205 g/mol. The Morgan fingerprint density at radius 2 is 2.08 bits per heavy atom. The Morgan fingerprint density at radius 1 is 1.50 bits per heavy atom. The largest absolute Gasteiger partial charge is 0.359 e. The fraction of sp³-hybridized carbons (Fsp3) is 0.875. The van der Waals surface area contributed by atoms with Crippen LogP contribution in [0, 0.1) is 5.92 Å². The van der Waals surface area contributed by atoms with E-state index in [1.54, 1.807) is 7.05 Å². The normalized spacial score (nSPS) is 29.8. The SMILES string of the molecule is CCC1SCC(C(=O)NC)CS1. The number of hydrogen-bond donors (Lipinski definition) is 1. The van der Waals surface area contributed by atoms with E-state index in [-0.39, 0.29) is 11.8 Å². The van der Waals surface area contributed by atoms with E-state index in [4.69, 9.17) is 0 Å². The summed E-state index contributed by atoms with van der Waals surface area (Å²) in [7, 11) is 1.71. The van der Waals surface area contributed by atoms with Crippen LogP contribution in [-0.2, 0) is 4.79 Å². The van der Waals surface area contributed by atoms with Gasteiger partial charge in [-0.1, -0.05) is 6.92 Å². The van der Waals surface area contributed by atoms with Crippen LogP contribution in [0.5, 0.6) is 0 Å². The maximum atomic E-state index is 11.2. The first kappa shape index (κ1) is 10.3. The smallest absolute Gasteiger partial charge is 0.224 e. The summed E-state index contributed by atoms with van der Waals surface area (Å²) in [6, 6.07) is 0. The molecule has 1 aliphatic rings. The maximum absolute atomic E-state index is 11.2. The molecule has 12 heavy (non-hydrogen) atoms. The first-order chi connectivity index (χ1) is 5.77. The van der Waals surface area contributed by atoms with Crippen LogP contribution in [0.4, 0.5) is 0 Å². The average Bonchev–Trinajstić information content (AvgIpc) is 2.17. The Morgan fingerprint density at radius 3 is 2.50 bits per heavy atom. The average molecular weight is 205 g/mol. The van der Waals surface area contributed by atoms with Gasteiger partial charge in [0.2, 0.25) is 5.91 Å². The Kier molecular flexibility index (Phi) is 4.29. The summed E-state index contributed by atoms with van der Waals surface area (Å²) in [6.45, 7) is 2.20. The van der Waals surface area contributed by atoms with Crippen molar-refractivity contribution in [2.45, 2.75) is 17.9 Å². The summed E-state index contributed by atoms with van der Waals surface area (Å²) in [6.07, 6.45) is 1.20. The highest BCUT2D eigenvalue weighted by Crippen LogP contribution is 2.35. The molecule has 0 spiro atoms. The Balaban J connectivity index is 2.30. The molecule has 4 heteroatoms. The number of amides is 1. The van der Waals surface area contributed by atoms with Crippen LogP contribution in [0.1, 0.15) is 13.3 Å². The molecule has 0 atom stereocenters. The molecule has 1 amide bonds. The second-order valence-corrected chi connectivity index (χ2v) is 5.59. The van der Waals surface area contributed by atoms with Gasteiger partial charge in [0.05, 0.1) is 5.92 Å². The second-order valence-electron chi connectivity index (χ2n) is 2.82. The molecule has 1 rings (SSSR count). The molecule has 0 aliphatic carbocycles. The summed E-state index contributed by atoms with van der Waals surface area (Å²) in [5.74, 6) is 2.41. The molecular formula is C8H15NOS2. The lowest BCUT2D eigenvalue weighted by Gasteiger charge is -2.25. The zero-order valence-corrected chi connectivity index (χ0v) is 9.13. The van der Waals surface area contributed by atoms with Crippen molar-refractivity contribution in [1.82, 2.24) is 5.32 Å². The zero-order chi connectivity index (χ0) is 8.97. The molecule has 0 unspecified atom stereocenters. The van der Waals surface area contributed by atoms with Crippen molar-refractivity contribution in [1.29, 1.82) is 0 Å². The Hall–Kier alpha value is 0.170. The van der Waals surface area contributed by atoms with Crippen LogP contribution < -0.4 is 5.32 Å². The molecule has 0 aromatic heterocycles. The van der Waals surface area contributed by atoms with Gasteiger partial charge in [0.25, 0.3) is 0 Å². The standard InChI is InChI=1S/C8H15NOS2/c1-3-7-11-4-6(5-12-7)8(10)9-2/h6-7H,3-5H2,1-2H3,(H,9,10). The lowest BCUT2D eigenvalue weighted by molar-refractivity contribution is -0.123. The number of rotatable bonds is 2. The van der Waals surface area contributed by atoms with Crippen molar-refractivity contribution in [3.63, 3.8) is 0 Å². The van der Waals surface area contributed by atoms with Crippen molar-refractivity contribution in [3.05, 3.63) is 0 Å². The minimum Gasteiger partial charge on any atom is -0.359 e. The van der Waals surface area contributed by atoms with Gasteiger partial charge in [0, 0.05) is 23.1 Å². The highest BCUT2D eigenvalue weighted by Gasteiger charge is 2.25. The number of carbonyl (C=O) groups excluding carboxylic acids is 1. The molecule has 0 bridgehead atoms. The summed E-state index contributed by atoms with van der Waals surface area (Å²) < 4.78 is 0.714. The molecule has 0 radical (unpaired) electrons. The highest BCUT2D eigenvalue weighted by atomic mass is 32.2. The van der Waals surface area contributed by atoms with Gasteiger partial charge >= 0.3 is 0 Å². The topological polar surface area (TPSA) is 29.1 Å². The van der Waals surface area contributed by atoms with Gasteiger partial charge in [0.15, 0.2) is 0 Å². The number of hydrogen-bond acceptors (Lipinski definition) is 3. The van der Waals surface area contributed by atoms with Crippen LogP contribution in [0.25, 0.3) is 0 Å². The fourth-order valence-electron chi connectivity index (χ4n) is 1.13. The highest BCUT2D eigenvalue weighted by molar-refractivity contribution is 8.17. The van der Waals surface area contributed by atoms with E-state index in [9.17, 15) is 4.79 Å². The maximum Gasteiger partial charge on any atom is 0.224 e. The third-order valence-electron chi connectivity index (χ3n) is 1.92. The second kappa shape index (κ2) is 5.02. The fourth-order valence-corrected chi connectivity index (χ4v) is 4.04. The van der Waals surface area contributed by atoms with Crippen LogP contribution in [0.2, 0.25) is 0 Å². The molecule has 0 aromatic rings. The van der Waals surface area contributed by atoms with E-state index in [0.717, 1.165) is 11.5 Å². The van der Waals surface area contributed by atoms with Crippen LogP contribution in [0.15, 0.2) is 0 Å². The van der Waals surface area contributed by atoms with Crippen molar-refractivity contribution >= 4 is 29.4 Å². The van der Waals surface area contributed by atoms with Gasteiger partial charge in [-0.15, -0.1) is 23.5 Å². The first-order valence-corrected chi connectivity index (χ1v) is 6.32. The number of carbonyl (C=O) groups is 1. The summed E-state index contributed by atoms with van der Waals surface area (Å²) in [5.41, 5.74) is 0. The van der Waals surface area contributed by atoms with Gasteiger partial charge in [-0.3, -0.25) is 4.79 Å². The van der Waals surface area contributed by atoms with E-state index in [0.29, 0.717) is 4.58 Å². The molecule has 0 aromatic carbocycles. The van der Waals surface area contributed by atoms with E-state index in [1.807, 2.05) is 23.5 Å². The van der Waals surface area contributed by atoms with Gasteiger partial charge in [-0.05, 0) is 6.42 Å². The van der Waals surface area contributed by atoms with Gasteiger partial charge in [-0.25, -0.2) is 0 Å². The molecule has 1 N–H and O–H groups in total. The Bertz CT molecular complexity index is 155. The van der Waals surface area contributed by atoms with E-state index < -0.39 is 0 Å². The Labute approximate surface area is 82.2 Å². The first-order valence-electron chi connectivity index (χ1n) is 4.22. The molecule has 1 fully saturated rings. The predicted molar refractivity (Wildman–Crippen MR) is 56.6 cm³/mol. The van der Waals surface area contributed by atoms with Crippen molar-refractivity contribution < 1.29 is 4.79 Å². The molecule has 1 aliphatic heterocycles. The zero-order valence-electron chi connectivity index (χ0n) is 7.50. The van der Waals surface area contributed by atoms with E-state index >= 15 is 0 Å². The molecule has 1 heterocycles. The minimum atomic E-state index is 0.199. The summed E-state index contributed by atoms with van der Waals surface area (Å²) >= 11 is 3.83. The number of nitrogens with one attached hydrogen (secondary N) is 1. The third kappa shape index (κ3) is 2.59. The van der Waals surface area contributed by atoms with Gasteiger partial charge in [0.1, 0.15) is 0 Å². The van der Waals surface area contributed by atoms with Crippen molar-refractivity contribution in [3.8, 4) is 0 Å². The predicted octanol–water partition coefficient (Wildman–Crippen LogP) is 1.56. The van der Waals surface area contributed by atoms with Crippen LogP contribution >= 0.6 is 23.5 Å². The third-order valence-corrected chi connectivity index (χ3v) is 5.33. The molecule has 1 saturated heterocycles. The van der Waals surface area contributed by atoms with Crippen LogP contribution in [0.3, 0.4) is 0 Å². The molecule has 2 nitrogen and oxygen atoms in total. The summed E-state index contributed by atoms with van der Waals surface area (Å²) in [5, 5.41) is 2.70. The van der Waals surface area contributed by atoms with E-state index in [2.05, 4.69) is 12.2 Å². The quantitative estimate of drug-likeness (QED) is 0.742. The lowest BCUT2D eigenvalue weighted by Crippen LogP contribution is -2.33. The molecule has 70 valence electrons. The van der Waals surface area contributed by atoms with E-state index in [1.165, 1.54) is 6.42 Å². The lowest BCUT2D eigenvalue weighted by atomic mass is 10.2. The number of thioether (sulfide) groups is 2. The van der Waals surface area contributed by atoms with Crippen molar-refractivity contribution in [2.24, 2.45) is 5.92 Å². The van der Waals surface area contributed by atoms with Crippen molar-refractivity contribution in [2.75, 3.05) is 18.6 Å². The molecular weight excluding hydrogens is 190 g/mol. The summed E-state index contributed by atoms with van der Waals surface area (Å²) in [4.78, 5) is 11.2.